The highest BCUT2D eigenvalue weighted by atomic mass is 32.2. The van der Waals surface area contributed by atoms with Crippen LogP contribution in [0, 0.1) is 11.8 Å². The summed E-state index contributed by atoms with van der Waals surface area (Å²) in [7, 11) is 0. The predicted octanol–water partition coefficient (Wildman–Crippen LogP) is 4.07. The molecule has 6 rings (SSSR count). The lowest BCUT2D eigenvalue weighted by Gasteiger charge is -2.38. The van der Waals surface area contributed by atoms with Crippen LogP contribution in [0.4, 0.5) is 0 Å². The van der Waals surface area contributed by atoms with Crippen LogP contribution < -0.4 is 0 Å². The highest BCUT2D eigenvalue weighted by Crippen LogP contribution is 2.61. The summed E-state index contributed by atoms with van der Waals surface area (Å²) in [4.78, 5) is 49.0. The van der Waals surface area contributed by atoms with Crippen molar-refractivity contribution in [2.75, 3.05) is 26.2 Å². The normalized spacial score (nSPS) is 28.9. The Kier molecular flexibility index (Phi) is 8.78. The monoisotopic (exact) mass is 599 g/mol. The Balaban J connectivity index is 1.39. The maximum atomic E-state index is 14.7. The third-order valence-electron chi connectivity index (χ3n) is 9.43. The quantitative estimate of drug-likeness (QED) is 0.329. The van der Waals surface area contributed by atoms with Crippen LogP contribution in [-0.2, 0) is 27.3 Å². The first-order chi connectivity index (χ1) is 21.0. The molecule has 0 radical (unpaired) electrons. The van der Waals surface area contributed by atoms with E-state index in [4.69, 9.17) is 0 Å². The number of nitrogens with zero attached hydrogens (tertiary/aromatic N) is 3. The van der Waals surface area contributed by atoms with Crippen LogP contribution in [0.5, 0.6) is 0 Å². The zero-order valence-corrected chi connectivity index (χ0v) is 25.6. The van der Waals surface area contributed by atoms with Gasteiger partial charge in [-0.3, -0.25) is 14.4 Å². The summed E-state index contributed by atoms with van der Waals surface area (Å²) in [6.45, 7) is 3.93. The second kappa shape index (κ2) is 12.7. The fourth-order valence-electron chi connectivity index (χ4n) is 7.41. The van der Waals surface area contributed by atoms with Gasteiger partial charge in [-0.05, 0) is 24.0 Å². The molecule has 4 heterocycles. The Morgan fingerprint density at radius 3 is 2.28 bits per heavy atom. The first-order valence-electron chi connectivity index (χ1n) is 15.6. The Morgan fingerprint density at radius 1 is 0.884 bits per heavy atom. The number of unbranched alkanes of at least 4 members (excludes halogenated alkanes) is 2. The molecule has 1 spiro atoms. The predicted molar refractivity (Wildman–Crippen MR) is 169 cm³/mol. The molecule has 8 heteroatoms. The highest BCUT2D eigenvalue weighted by Gasteiger charge is 2.71. The smallest absolute Gasteiger partial charge is 0.247 e. The first kappa shape index (κ1) is 29.7. The van der Waals surface area contributed by atoms with Gasteiger partial charge < -0.3 is 19.8 Å². The topological polar surface area (TPSA) is 81.2 Å². The maximum absolute atomic E-state index is 14.7. The summed E-state index contributed by atoms with van der Waals surface area (Å²) in [6, 6.07) is 18.3. The van der Waals surface area contributed by atoms with E-state index in [0.717, 1.165) is 30.4 Å². The second-order valence-electron chi connectivity index (χ2n) is 12.1. The molecule has 0 saturated carbocycles. The number of hydrogen-bond donors (Lipinski definition) is 1. The fourth-order valence-corrected chi connectivity index (χ4v) is 9.40. The number of fused-ring (bicyclic) bond motifs is 2. The van der Waals surface area contributed by atoms with Crippen molar-refractivity contribution in [2.24, 2.45) is 11.8 Å². The minimum Gasteiger partial charge on any atom is -0.394 e. The summed E-state index contributed by atoms with van der Waals surface area (Å²) < 4.78 is -0.886. The maximum Gasteiger partial charge on any atom is 0.247 e. The molecule has 226 valence electrons. The SMILES string of the molecule is CCCCCN1CC=C[C@]23S[C@H]4C=CCN(Cc5ccccc5)C(=O)[C@H]4[C@H]2C(=O)N([C@@H](CO)Cc2ccccc2)C3C1=O. The number of rotatable bonds is 10. The molecule has 4 aliphatic heterocycles. The molecule has 1 unspecified atom stereocenters. The number of likely N-dealkylation sites (tertiary alicyclic amines) is 1. The van der Waals surface area contributed by atoms with E-state index >= 15 is 0 Å². The van der Waals surface area contributed by atoms with Crippen LogP contribution >= 0.6 is 11.8 Å². The molecule has 4 aliphatic rings. The lowest BCUT2D eigenvalue weighted by molar-refractivity contribution is -0.147. The van der Waals surface area contributed by atoms with E-state index in [1.54, 1.807) is 16.7 Å². The fraction of sp³-hybridized carbons (Fsp3) is 0.457. The molecular formula is C35H41N3O4S. The Labute approximate surface area is 258 Å². The summed E-state index contributed by atoms with van der Waals surface area (Å²) in [5.41, 5.74) is 2.03. The molecule has 0 bridgehead atoms. The molecule has 2 aromatic rings. The van der Waals surface area contributed by atoms with Crippen molar-refractivity contribution in [1.29, 1.82) is 0 Å². The summed E-state index contributed by atoms with van der Waals surface area (Å²) in [5, 5.41) is 10.5. The number of carbonyl (C=O) groups excluding carboxylic acids is 3. The van der Waals surface area contributed by atoms with E-state index in [1.165, 1.54) is 0 Å². The minimum absolute atomic E-state index is 0.0457. The van der Waals surface area contributed by atoms with Crippen LogP contribution in [0.2, 0.25) is 0 Å². The summed E-state index contributed by atoms with van der Waals surface area (Å²) in [6.07, 6.45) is 11.6. The first-order valence-corrected chi connectivity index (χ1v) is 16.5. The van der Waals surface area contributed by atoms with Gasteiger partial charge in [0.15, 0.2) is 0 Å². The van der Waals surface area contributed by atoms with E-state index in [2.05, 4.69) is 19.1 Å². The Bertz CT molecular complexity index is 1380. The van der Waals surface area contributed by atoms with Crippen LogP contribution in [0.1, 0.15) is 37.3 Å². The number of amides is 3. The number of hydrogen-bond acceptors (Lipinski definition) is 5. The number of carbonyl (C=O) groups is 3. The minimum atomic E-state index is -0.886. The van der Waals surface area contributed by atoms with E-state index < -0.39 is 28.7 Å². The molecule has 2 fully saturated rings. The van der Waals surface area contributed by atoms with Crippen molar-refractivity contribution in [3.63, 3.8) is 0 Å². The Hall–Kier alpha value is -3.36. The van der Waals surface area contributed by atoms with Gasteiger partial charge in [0.1, 0.15) is 6.04 Å². The lowest BCUT2D eigenvalue weighted by Crippen LogP contribution is -2.57. The van der Waals surface area contributed by atoms with Crippen LogP contribution in [0.15, 0.2) is 85.0 Å². The van der Waals surface area contributed by atoms with Crippen molar-refractivity contribution in [3.05, 3.63) is 96.1 Å². The molecule has 43 heavy (non-hydrogen) atoms. The van der Waals surface area contributed by atoms with E-state index in [9.17, 15) is 19.5 Å². The molecule has 2 aromatic carbocycles. The largest absolute Gasteiger partial charge is 0.394 e. The van der Waals surface area contributed by atoms with E-state index in [0.29, 0.717) is 32.6 Å². The van der Waals surface area contributed by atoms with Gasteiger partial charge in [-0.2, -0.15) is 0 Å². The average Bonchev–Trinajstić information content (AvgIpc) is 3.36. The molecule has 7 nitrogen and oxygen atoms in total. The molecule has 2 saturated heterocycles. The average molecular weight is 600 g/mol. The zero-order valence-electron chi connectivity index (χ0n) is 24.8. The molecular weight excluding hydrogens is 558 g/mol. The van der Waals surface area contributed by atoms with Gasteiger partial charge in [0.2, 0.25) is 17.7 Å². The van der Waals surface area contributed by atoms with E-state index in [1.807, 2.05) is 82.6 Å². The van der Waals surface area contributed by atoms with Gasteiger partial charge in [-0.15, -0.1) is 11.8 Å². The van der Waals surface area contributed by atoms with Gasteiger partial charge in [0.25, 0.3) is 0 Å². The molecule has 3 amide bonds. The van der Waals surface area contributed by atoms with Crippen LogP contribution in [-0.4, -0.2) is 85.8 Å². The molecule has 0 aliphatic carbocycles. The number of benzene rings is 2. The summed E-state index contributed by atoms with van der Waals surface area (Å²) in [5.74, 6) is -1.60. The van der Waals surface area contributed by atoms with Gasteiger partial charge >= 0.3 is 0 Å². The second-order valence-corrected chi connectivity index (χ2v) is 13.6. The van der Waals surface area contributed by atoms with Crippen molar-refractivity contribution < 1.29 is 19.5 Å². The van der Waals surface area contributed by atoms with Crippen molar-refractivity contribution in [3.8, 4) is 0 Å². The number of thioether (sulfide) groups is 1. The van der Waals surface area contributed by atoms with E-state index in [-0.39, 0.29) is 29.6 Å². The van der Waals surface area contributed by atoms with Gasteiger partial charge in [-0.1, -0.05) is 105 Å². The number of aliphatic hydroxyl groups is 1. The highest BCUT2D eigenvalue weighted by molar-refractivity contribution is 8.02. The van der Waals surface area contributed by atoms with Crippen molar-refractivity contribution >= 4 is 29.5 Å². The zero-order chi connectivity index (χ0) is 30.0. The number of aliphatic hydroxyl groups excluding tert-OH is 1. The van der Waals surface area contributed by atoms with Gasteiger partial charge in [-0.25, -0.2) is 0 Å². The van der Waals surface area contributed by atoms with Crippen molar-refractivity contribution in [1.82, 2.24) is 14.7 Å². The van der Waals surface area contributed by atoms with Crippen molar-refractivity contribution in [2.45, 2.75) is 61.2 Å². The van der Waals surface area contributed by atoms with Gasteiger partial charge in [0, 0.05) is 31.4 Å². The Morgan fingerprint density at radius 2 is 1.58 bits per heavy atom. The standard InChI is InChI=1S/C35H41N3O4S/c1-2-3-10-19-36-21-12-18-35-30(29-28(43-35)17-11-20-37(32(29)40)23-26-15-8-5-9-16-26)33(41)38(31(35)34(36)42)27(24-39)22-25-13-6-4-7-14-25/h4-9,11-18,27-31,39H,2-3,10,19-24H2,1H3/t27-,28+,29-,30+,31?,35+/m1/s1. The van der Waals surface area contributed by atoms with Gasteiger partial charge in [0.05, 0.1) is 29.2 Å². The van der Waals surface area contributed by atoms with Crippen LogP contribution in [0.3, 0.4) is 0 Å². The molecule has 0 aromatic heterocycles. The third-order valence-corrected chi connectivity index (χ3v) is 11.2. The van der Waals surface area contributed by atoms with Crippen LogP contribution in [0.25, 0.3) is 0 Å². The third kappa shape index (κ3) is 5.44. The molecule has 1 N–H and O–H groups in total. The lowest BCUT2D eigenvalue weighted by atomic mass is 9.78. The molecule has 6 atom stereocenters. The summed E-state index contributed by atoms with van der Waals surface area (Å²) >= 11 is 1.60.